The van der Waals surface area contributed by atoms with Crippen LogP contribution >= 0.6 is 0 Å². The van der Waals surface area contributed by atoms with Crippen molar-refractivity contribution in [2.45, 2.75) is 26.7 Å². The van der Waals surface area contributed by atoms with Gasteiger partial charge in [-0.15, -0.1) is 0 Å². The Morgan fingerprint density at radius 3 is 1.00 bits per heavy atom. The Kier molecular flexibility index (Phi) is 42.8. The van der Waals surface area contributed by atoms with Crippen molar-refractivity contribution in [1.82, 2.24) is 0 Å². The molecule has 0 nitrogen and oxygen atoms in total. The largest absolute Gasteiger partial charge is 1.00 e. The molecule has 0 N–H and O–H groups in total. The van der Waals surface area contributed by atoms with E-state index >= 15 is 0 Å². The number of hydrogen-bond acceptors (Lipinski definition) is 0. The number of hydrogen-bond donors (Lipinski definition) is 0. The van der Waals surface area contributed by atoms with Crippen LogP contribution in [0.5, 0.6) is 0 Å². The van der Waals surface area contributed by atoms with E-state index in [0.717, 1.165) is 0 Å². The van der Waals surface area contributed by atoms with Gasteiger partial charge in [-0.05, 0) is 0 Å². The topological polar surface area (TPSA) is 0 Å². The zero-order valence-electron chi connectivity index (χ0n) is 5.41. The molecule has 0 aliphatic rings. The molecule has 0 saturated heterocycles. The first-order valence-electron chi connectivity index (χ1n) is 1.91. The Morgan fingerprint density at radius 2 is 1.00 bits per heavy atom. The summed E-state index contributed by atoms with van der Waals surface area (Å²) in [5, 5.41) is 0. The van der Waals surface area contributed by atoms with Crippen molar-refractivity contribution in [3.8, 4) is 0 Å². The maximum atomic E-state index is 2.18. The van der Waals surface area contributed by atoms with Gasteiger partial charge in [0, 0.05) is 0 Å². The molecule has 0 spiro atoms. The summed E-state index contributed by atoms with van der Waals surface area (Å²) in [5.74, 6) is 0. The quantitative estimate of drug-likeness (QED) is 0.276. The standard InChI is InChI=1S/C4H10.2Li/c1-3-4-2;;/h3-4H2,1-2H3;;/q;2*+1. The zero-order chi connectivity index (χ0) is 3.41. The Balaban J connectivity index is -0.0000000450. The maximum absolute atomic E-state index is 2.18. The van der Waals surface area contributed by atoms with E-state index in [0.29, 0.717) is 0 Å². The number of unbranched alkanes of at least 4 members (excludes halogenated alkanes) is 1. The van der Waals surface area contributed by atoms with Gasteiger partial charge in [-0.25, -0.2) is 0 Å². The Morgan fingerprint density at radius 1 is 0.833 bits per heavy atom. The summed E-state index contributed by atoms with van der Waals surface area (Å²) >= 11 is 0. The van der Waals surface area contributed by atoms with E-state index in [1.807, 2.05) is 0 Å². The van der Waals surface area contributed by atoms with Crippen LogP contribution in [0.25, 0.3) is 0 Å². The molecule has 0 aromatic heterocycles. The minimum absolute atomic E-state index is 0. The minimum Gasteiger partial charge on any atom is -0.0654 e. The first-order chi connectivity index (χ1) is 1.91. The molecule has 0 aromatic carbocycles. The summed E-state index contributed by atoms with van der Waals surface area (Å²) in [6.45, 7) is 4.36. The Hall–Kier alpha value is 1.19. The third-order valence-corrected chi connectivity index (χ3v) is 0.500. The third kappa shape index (κ3) is 19.0. The first kappa shape index (κ1) is 15.7. The van der Waals surface area contributed by atoms with E-state index in [1.54, 1.807) is 0 Å². The molecule has 0 aromatic rings. The number of rotatable bonds is 1. The van der Waals surface area contributed by atoms with Crippen LogP contribution in [0.3, 0.4) is 0 Å². The molecule has 6 heavy (non-hydrogen) atoms. The van der Waals surface area contributed by atoms with E-state index in [2.05, 4.69) is 13.8 Å². The van der Waals surface area contributed by atoms with E-state index in [1.165, 1.54) is 12.8 Å². The SMILES string of the molecule is CCCC.[Li+].[Li+]. The summed E-state index contributed by atoms with van der Waals surface area (Å²) in [6, 6.07) is 0. The van der Waals surface area contributed by atoms with Crippen molar-refractivity contribution in [2.24, 2.45) is 0 Å². The van der Waals surface area contributed by atoms with Crippen LogP contribution in [-0.2, 0) is 0 Å². The van der Waals surface area contributed by atoms with E-state index < -0.39 is 0 Å². The fourth-order valence-corrected chi connectivity index (χ4v) is 0. The monoisotopic (exact) mass is 72.1 g/mol. The van der Waals surface area contributed by atoms with Gasteiger partial charge < -0.3 is 0 Å². The second kappa shape index (κ2) is 16.4. The molecule has 0 aliphatic carbocycles. The van der Waals surface area contributed by atoms with Crippen LogP contribution in [0.2, 0.25) is 0 Å². The molecule has 0 radical (unpaired) electrons. The molecular formula is C4H10Li2+2. The van der Waals surface area contributed by atoms with Crippen LogP contribution in [0.15, 0.2) is 0 Å². The van der Waals surface area contributed by atoms with Gasteiger partial charge in [-0.1, -0.05) is 26.7 Å². The van der Waals surface area contributed by atoms with Gasteiger partial charge in [0.15, 0.2) is 0 Å². The Bertz CT molecular complexity index is 7.51. The van der Waals surface area contributed by atoms with Crippen LogP contribution in [0, 0.1) is 0 Å². The average Bonchev–Trinajstić information content (AvgIpc) is 1.37. The predicted octanol–water partition coefficient (Wildman–Crippen LogP) is -4.19. The van der Waals surface area contributed by atoms with Gasteiger partial charge in [0.05, 0.1) is 0 Å². The average molecular weight is 72.0 g/mol. The fourth-order valence-electron chi connectivity index (χ4n) is 0. The summed E-state index contributed by atoms with van der Waals surface area (Å²) < 4.78 is 0. The van der Waals surface area contributed by atoms with Crippen molar-refractivity contribution in [2.75, 3.05) is 0 Å². The maximum Gasteiger partial charge on any atom is 1.00 e. The van der Waals surface area contributed by atoms with Crippen molar-refractivity contribution in [1.29, 1.82) is 0 Å². The van der Waals surface area contributed by atoms with Crippen molar-refractivity contribution in [3.05, 3.63) is 0 Å². The van der Waals surface area contributed by atoms with Gasteiger partial charge in [0.2, 0.25) is 0 Å². The molecule has 0 saturated carbocycles. The van der Waals surface area contributed by atoms with Crippen LogP contribution < -0.4 is 37.7 Å². The van der Waals surface area contributed by atoms with Gasteiger partial charge in [0.25, 0.3) is 0 Å². The summed E-state index contributed by atoms with van der Waals surface area (Å²) in [6.07, 6.45) is 2.64. The van der Waals surface area contributed by atoms with Gasteiger partial charge in [-0.3, -0.25) is 0 Å². The summed E-state index contributed by atoms with van der Waals surface area (Å²) in [4.78, 5) is 0. The second-order valence-corrected chi connectivity index (χ2v) is 1.000. The molecule has 0 heterocycles. The van der Waals surface area contributed by atoms with Crippen molar-refractivity contribution < 1.29 is 37.7 Å². The van der Waals surface area contributed by atoms with Crippen LogP contribution in [-0.4, -0.2) is 0 Å². The molecular weight excluding hydrogens is 61.9 g/mol. The van der Waals surface area contributed by atoms with E-state index in [4.69, 9.17) is 0 Å². The van der Waals surface area contributed by atoms with Gasteiger partial charge in [0.1, 0.15) is 0 Å². The second-order valence-electron chi connectivity index (χ2n) is 1.000. The molecule has 2 heteroatoms. The van der Waals surface area contributed by atoms with Crippen molar-refractivity contribution in [3.63, 3.8) is 0 Å². The molecule has 0 rings (SSSR count). The zero-order valence-corrected chi connectivity index (χ0v) is 5.41. The first-order valence-corrected chi connectivity index (χ1v) is 1.91. The normalized spacial score (nSPS) is 5.00. The minimum atomic E-state index is 0. The molecule has 0 aliphatic heterocycles. The molecule has 0 fully saturated rings. The Labute approximate surface area is 64.4 Å². The van der Waals surface area contributed by atoms with Crippen molar-refractivity contribution >= 4 is 0 Å². The van der Waals surface area contributed by atoms with Gasteiger partial charge >= 0.3 is 37.7 Å². The summed E-state index contributed by atoms with van der Waals surface area (Å²) in [5.41, 5.74) is 0. The van der Waals surface area contributed by atoms with E-state index in [-0.39, 0.29) is 37.7 Å². The predicted molar refractivity (Wildman–Crippen MR) is 20.6 cm³/mol. The summed E-state index contributed by atoms with van der Waals surface area (Å²) in [7, 11) is 0. The van der Waals surface area contributed by atoms with Gasteiger partial charge in [-0.2, -0.15) is 0 Å². The molecule has 0 bridgehead atoms. The van der Waals surface area contributed by atoms with E-state index in [9.17, 15) is 0 Å². The molecule has 0 amide bonds. The third-order valence-electron chi connectivity index (χ3n) is 0.500. The molecule has 0 atom stereocenters. The molecule has 0 unspecified atom stereocenters. The van der Waals surface area contributed by atoms with Crippen LogP contribution in [0.4, 0.5) is 0 Å². The van der Waals surface area contributed by atoms with Crippen LogP contribution in [0.1, 0.15) is 26.7 Å². The fraction of sp³-hybridized carbons (Fsp3) is 1.00. The smallest absolute Gasteiger partial charge is 0.0654 e. The molecule has 26 valence electrons.